The number of thiocarbonyl (C=S) groups is 1. The molecule has 3 rings (SSSR count). The third-order valence-electron chi connectivity index (χ3n) is 4.25. The number of benzene rings is 3. The summed E-state index contributed by atoms with van der Waals surface area (Å²) in [6, 6.07) is 26.2. The second-order valence-corrected chi connectivity index (χ2v) is 6.98. The van der Waals surface area contributed by atoms with E-state index in [0.717, 1.165) is 17.0 Å². The average Bonchev–Trinajstić information content (AvgIpc) is 2.69. The fourth-order valence-electron chi connectivity index (χ4n) is 2.75. The Bertz CT molecular complexity index is 865. The Hall–Kier alpha value is -2.20. The van der Waals surface area contributed by atoms with Gasteiger partial charge in [0.15, 0.2) is 0 Å². The molecular weight excluding hydrogens is 362 g/mol. The highest BCUT2D eigenvalue weighted by Crippen LogP contribution is 2.20. The van der Waals surface area contributed by atoms with E-state index in [0.29, 0.717) is 23.0 Å². The number of halogens is 1. The molecule has 3 aromatic carbocycles. The van der Waals surface area contributed by atoms with E-state index in [1.54, 1.807) is 0 Å². The van der Waals surface area contributed by atoms with Gasteiger partial charge in [0.2, 0.25) is 0 Å². The topological polar surface area (TPSA) is 23.5 Å². The van der Waals surface area contributed by atoms with Crippen LogP contribution in [0.3, 0.4) is 0 Å². The number of hydrogen-bond donors (Lipinski definition) is 1. The minimum atomic E-state index is 0.297. The maximum atomic E-state index is 10.2. The molecule has 0 unspecified atom stereocenters. The first-order valence-electron chi connectivity index (χ1n) is 8.50. The predicted octanol–water partition coefficient (Wildman–Crippen LogP) is 6.16. The number of nitrogens with zero attached hydrogens (tertiary/aromatic N) is 1. The van der Waals surface area contributed by atoms with Crippen molar-refractivity contribution >= 4 is 28.8 Å². The van der Waals surface area contributed by atoms with Crippen LogP contribution in [-0.4, -0.2) is 15.3 Å². The molecule has 4 heteroatoms. The lowest BCUT2D eigenvalue weighted by Gasteiger charge is -2.18. The molecule has 0 atom stereocenters. The summed E-state index contributed by atoms with van der Waals surface area (Å²) in [5, 5.41) is 11.9. The Labute approximate surface area is 164 Å². The lowest BCUT2D eigenvalue weighted by molar-refractivity contribution is -0.0219. The van der Waals surface area contributed by atoms with Crippen molar-refractivity contribution in [3.63, 3.8) is 0 Å². The molecule has 0 saturated carbocycles. The molecule has 0 bridgehead atoms. The first kappa shape index (κ1) is 18.6. The molecule has 2 nitrogen and oxygen atoms in total. The van der Waals surface area contributed by atoms with E-state index in [2.05, 4.69) is 36.4 Å². The van der Waals surface area contributed by atoms with Gasteiger partial charge in [-0.15, -0.1) is 0 Å². The zero-order valence-corrected chi connectivity index (χ0v) is 15.9. The number of aryl methyl sites for hydroxylation is 1. The second-order valence-electron chi connectivity index (χ2n) is 6.11. The van der Waals surface area contributed by atoms with E-state index in [1.807, 2.05) is 42.5 Å². The molecule has 132 valence electrons. The van der Waals surface area contributed by atoms with Gasteiger partial charge in [-0.05, 0) is 34.7 Å². The Balaban J connectivity index is 1.55. The summed E-state index contributed by atoms with van der Waals surface area (Å²) in [6.45, 7) is 0.297. The maximum Gasteiger partial charge on any atom is 0.104 e. The Morgan fingerprint density at radius 3 is 2.15 bits per heavy atom. The van der Waals surface area contributed by atoms with Crippen molar-refractivity contribution in [2.45, 2.75) is 19.4 Å². The molecule has 0 aromatic heterocycles. The molecule has 1 N–H and O–H groups in total. The van der Waals surface area contributed by atoms with Gasteiger partial charge in [0.1, 0.15) is 4.99 Å². The quantitative estimate of drug-likeness (QED) is 0.408. The monoisotopic (exact) mass is 381 g/mol. The standard InChI is InChI=1S/C22H20ClNOS/c23-21-9-5-4-8-20(21)16-24(25)22(26)15-12-17-10-13-19(14-11-17)18-6-2-1-3-7-18/h1-11,13-14,25H,12,15-16H2. The third kappa shape index (κ3) is 4.92. The van der Waals surface area contributed by atoms with Crippen LogP contribution in [-0.2, 0) is 13.0 Å². The van der Waals surface area contributed by atoms with Crippen molar-refractivity contribution in [2.75, 3.05) is 0 Å². The third-order valence-corrected chi connectivity index (χ3v) is 5.04. The van der Waals surface area contributed by atoms with Gasteiger partial charge in [0.05, 0.1) is 6.54 Å². The second kappa shape index (κ2) is 8.95. The molecule has 0 radical (unpaired) electrons. The van der Waals surface area contributed by atoms with Crippen molar-refractivity contribution in [3.8, 4) is 11.1 Å². The van der Waals surface area contributed by atoms with E-state index in [4.69, 9.17) is 23.8 Å². The van der Waals surface area contributed by atoms with E-state index in [9.17, 15) is 5.21 Å². The molecule has 3 aromatic rings. The van der Waals surface area contributed by atoms with Crippen LogP contribution in [0.25, 0.3) is 11.1 Å². The summed E-state index contributed by atoms with van der Waals surface area (Å²) < 4.78 is 0. The fourth-order valence-corrected chi connectivity index (χ4v) is 3.11. The zero-order chi connectivity index (χ0) is 18.4. The normalized spacial score (nSPS) is 10.5. The van der Waals surface area contributed by atoms with E-state index in [-0.39, 0.29) is 0 Å². The van der Waals surface area contributed by atoms with Crippen molar-refractivity contribution in [3.05, 3.63) is 95.0 Å². The first-order valence-corrected chi connectivity index (χ1v) is 9.29. The lowest BCUT2D eigenvalue weighted by Crippen LogP contribution is -2.25. The van der Waals surface area contributed by atoms with Crippen LogP contribution >= 0.6 is 23.8 Å². The van der Waals surface area contributed by atoms with Gasteiger partial charge in [-0.2, -0.15) is 0 Å². The van der Waals surface area contributed by atoms with Gasteiger partial charge < -0.3 is 0 Å². The van der Waals surface area contributed by atoms with Gasteiger partial charge >= 0.3 is 0 Å². The van der Waals surface area contributed by atoms with E-state index in [1.165, 1.54) is 16.7 Å². The van der Waals surface area contributed by atoms with E-state index >= 15 is 0 Å². The highest BCUT2D eigenvalue weighted by Gasteiger charge is 2.10. The summed E-state index contributed by atoms with van der Waals surface area (Å²) in [7, 11) is 0. The molecule has 0 aliphatic heterocycles. The minimum Gasteiger partial charge on any atom is -0.288 e. The van der Waals surface area contributed by atoms with Crippen LogP contribution < -0.4 is 0 Å². The Morgan fingerprint density at radius 1 is 0.846 bits per heavy atom. The molecule has 0 aliphatic rings. The van der Waals surface area contributed by atoms with Crippen LogP contribution in [0.5, 0.6) is 0 Å². The molecule has 0 aliphatic carbocycles. The molecule has 26 heavy (non-hydrogen) atoms. The van der Waals surface area contributed by atoms with E-state index < -0.39 is 0 Å². The minimum absolute atomic E-state index is 0.297. The molecule has 0 spiro atoms. The molecular formula is C22H20ClNOS. The average molecular weight is 382 g/mol. The summed E-state index contributed by atoms with van der Waals surface area (Å²) in [5.74, 6) is 0. The van der Waals surface area contributed by atoms with Gasteiger partial charge in [0, 0.05) is 11.4 Å². The zero-order valence-electron chi connectivity index (χ0n) is 14.3. The van der Waals surface area contributed by atoms with Gasteiger partial charge in [0.25, 0.3) is 0 Å². The molecule has 0 amide bonds. The van der Waals surface area contributed by atoms with Crippen LogP contribution in [0, 0.1) is 0 Å². The van der Waals surface area contributed by atoms with Crippen molar-refractivity contribution in [1.82, 2.24) is 5.06 Å². The van der Waals surface area contributed by atoms with Gasteiger partial charge in [-0.1, -0.05) is 96.6 Å². The highest BCUT2D eigenvalue weighted by molar-refractivity contribution is 7.80. The van der Waals surface area contributed by atoms with Crippen molar-refractivity contribution in [1.29, 1.82) is 0 Å². The molecule has 0 heterocycles. The Kier molecular flexibility index (Phi) is 6.40. The maximum absolute atomic E-state index is 10.2. The number of hydrogen-bond acceptors (Lipinski definition) is 2. The predicted molar refractivity (Wildman–Crippen MR) is 112 cm³/mol. The summed E-state index contributed by atoms with van der Waals surface area (Å²) in [5.41, 5.74) is 4.44. The van der Waals surface area contributed by atoms with Crippen molar-refractivity contribution < 1.29 is 5.21 Å². The molecule has 0 saturated heterocycles. The van der Waals surface area contributed by atoms with Crippen LogP contribution in [0.4, 0.5) is 0 Å². The Morgan fingerprint density at radius 2 is 1.46 bits per heavy atom. The largest absolute Gasteiger partial charge is 0.288 e. The van der Waals surface area contributed by atoms with Crippen LogP contribution in [0.1, 0.15) is 17.5 Å². The summed E-state index contributed by atoms with van der Waals surface area (Å²) >= 11 is 11.5. The lowest BCUT2D eigenvalue weighted by atomic mass is 10.0. The summed E-state index contributed by atoms with van der Waals surface area (Å²) in [4.78, 5) is 0.511. The van der Waals surface area contributed by atoms with Gasteiger partial charge in [-0.25, -0.2) is 5.06 Å². The molecule has 0 fully saturated rings. The smallest absolute Gasteiger partial charge is 0.104 e. The fraction of sp³-hybridized carbons (Fsp3) is 0.136. The SMILES string of the molecule is ON(Cc1ccccc1Cl)C(=S)CCc1ccc(-c2ccccc2)cc1. The van der Waals surface area contributed by atoms with Crippen LogP contribution in [0.15, 0.2) is 78.9 Å². The van der Waals surface area contributed by atoms with Crippen molar-refractivity contribution in [2.24, 2.45) is 0 Å². The number of rotatable bonds is 6. The van der Waals surface area contributed by atoms with Crippen LogP contribution in [0.2, 0.25) is 5.02 Å². The van der Waals surface area contributed by atoms with Gasteiger partial charge in [-0.3, -0.25) is 5.21 Å². The number of hydroxylamine groups is 2. The highest BCUT2D eigenvalue weighted by atomic mass is 35.5. The first-order chi connectivity index (χ1) is 12.6. The summed E-state index contributed by atoms with van der Waals surface area (Å²) in [6.07, 6.45) is 1.40.